The van der Waals surface area contributed by atoms with Crippen molar-refractivity contribution in [3.63, 3.8) is 0 Å². The Bertz CT molecular complexity index is 253. The van der Waals surface area contributed by atoms with E-state index in [1.54, 1.807) is 6.26 Å². The van der Waals surface area contributed by atoms with Gasteiger partial charge >= 0.3 is 0 Å². The van der Waals surface area contributed by atoms with E-state index in [9.17, 15) is 4.79 Å². The SMILES string of the molecule is O=C1CCC(c2ccco2)N1. The molecule has 1 aliphatic rings. The summed E-state index contributed by atoms with van der Waals surface area (Å²) in [5.74, 6) is 0.974. The van der Waals surface area contributed by atoms with Gasteiger partial charge in [0.1, 0.15) is 5.76 Å². The van der Waals surface area contributed by atoms with Crippen LogP contribution in [0.15, 0.2) is 22.8 Å². The first-order valence-electron chi connectivity index (χ1n) is 3.69. The van der Waals surface area contributed by atoms with Crippen LogP contribution in [0.25, 0.3) is 0 Å². The first kappa shape index (κ1) is 6.46. The second-order valence-corrected chi connectivity index (χ2v) is 2.67. The molecule has 1 fully saturated rings. The molecule has 0 spiro atoms. The number of amides is 1. The summed E-state index contributed by atoms with van der Waals surface area (Å²) in [5, 5.41) is 2.82. The summed E-state index contributed by atoms with van der Waals surface area (Å²) >= 11 is 0. The van der Waals surface area contributed by atoms with Crippen molar-refractivity contribution < 1.29 is 9.21 Å². The number of hydrogen-bond acceptors (Lipinski definition) is 2. The molecule has 0 radical (unpaired) electrons. The third-order valence-electron chi connectivity index (χ3n) is 1.88. The lowest BCUT2D eigenvalue weighted by Crippen LogP contribution is -2.17. The lowest BCUT2D eigenvalue weighted by Gasteiger charge is -2.03. The lowest BCUT2D eigenvalue weighted by atomic mass is 10.2. The molecule has 1 atom stereocenters. The molecule has 3 nitrogen and oxygen atoms in total. The first-order chi connectivity index (χ1) is 5.36. The monoisotopic (exact) mass is 151 g/mol. The highest BCUT2D eigenvalue weighted by Crippen LogP contribution is 2.23. The second-order valence-electron chi connectivity index (χ2n) is 2.67. The molecule has 1 saturated heterocycles. The molecule has 0 bridgehead atoms. The molecular formula is C8H9NO2. The Balaban J connectivity index is 2.13. The van der Waals surface area contributed by atoms with E-state index in [0.29, 0.717) is 6.42 Å². The number of furan rings is 1. The Morgan fingerprint density at radius 3 is 3.09 bits per heavy atom. The van der Waals surface area contributed by atoms with Crippen LogP contribution in [0.5, 0.6) is 0 Å². The Labute approximate surface area is 64.4 Å². The first-order valence-corrected chi connectivity index (χ1v) is 3.69. The van der Waals surface area contributed by atoms with Crippen LogP contribution in [0.4, 0.5) is 0 Å². The van der Waals surface area contributed by atoms with E-state index in [-0.39, 0.29) is 11.9 Å². The highest BCUT2D eigenvalue weighted by Gasteiger charge is 2.23. The minimum absolute atomic E-state index is 0.109. The molecule has 1 amide bonds. The van der Waals surface area contributed by atoms with Crippen molar-refractivity contribution in [1.82, 2.24) is 5.32 Å². The topological polar surface area (TPSA) is 42.2 Å². The van der Waals surface area contributed by atoms with Crippen LogP contribution < -0.4 is 5.32 Å². The minimum atomic E-state index is 0.109. The van der Waals surface area contributed by atoms with Gasteiger partial charge in [0.25, 0.3) is 0 Å². The fraction of sp³-hybridized carbons (Fsp3) is 0.375. The van der Waals surface area contributed by atoms with Gasteiger partial charge in [-0.25, -0.2) is 0 Å². The smallest absolute Gasteiger partial charge is 0.220 e. The van der Waals surface area contributed by atoms with Gasteiger partial charge in [-0.1, -0.05) is 0 Å². The molecule has 3 heteroatoms. The Kier molecular flexibility index (Phi) is 1.42. The number of hydrogen-bond donors (Lipinski definition) is 1. The van der Waals surface area contributed by atoms with Gasteiger partial charge in [0.2, 0.25) is 5.91 Å². The molecule has 0 aromatic carbocycles. The van der Waals surface area contributed by atoms with Gasteiger partial charge < -0.3 is 9.73 Å². The van der Waals surface area contributed by atoms with E-state index in [1.165, 1.54) is 0 Å². The predicted molar refractivity (Wildman–Crippen MR) is 38.8 cm³/mol. The maximum atomic E-state index is 10.8. The standard InChI is InChI=1S/C8H9NO2/c10-8-4-3-6(9-8)7-2-1-5-11-7/h1-2,5-6H,3-4H2,(H,9,10). The highest BCUT2D eigenvalue weighted by molar-refractivity contribution is 5.78. The van der Waals surface area contributed by atoms with Crippen LogP contribution in [0.2, 0.25) is 0 Å². The second kappa shape index (κ2) is 2.42. The van der Waals surface area contributed by atoms with Crippen molar-refractivity contribution in [3.8, 4) is 0 Å². The van der Waals surface area contributed by atoms with Gasteiger partial charge in [0.15, 0.2) is 0 Å². The Hall–Kier alpha value is -1.25. The van der Waals surface area contributed by atoms with Crippen molar-refractivity contribution in [2.24, 2.45) is 0 Å². The van der Waals surface area contributed by atoms with E-state index >= 15 is 0 Å². The molecule has 1 aromatic heterocycles. The van der Waals surface area contributed by atoms with Gasteiger partial charge in [0, 0.05) is 6.42 Å². The molecule has 2 rings (SSSR count). The summed E-state index contributed by atoms with van der Waals surface area (Å²) in [7, 11) is 0. The third-order valence-corrected chi connectivity index (χ3v) is 1.88. The fourth-order valence-electron chi connectivity index (χ4n) is 1.32. The number of carbonyl (C=O) groups is 1. The number of rotatable bonds is 1. The van der Waals surface area contributed by atoms with Crippen LogP contribution in [0.3, 0.4) is 0 Å². The zero-order chi connectivity index (χ0) is 7.68. The van der Waals surface area contributed by atoms with Gasteiger partial charge in [-0.3, -0.25) is 4.79 Å². The zero-order valence-electron chi connectivity index (χ0n) is 6.04. The molecule has 11 heavy (non-hydrogen) atoms. The molecule has 2 heterocycles. The summed E-state index contributed by atoms with van der Waals surface area (Å²) in [5.41, 5.74) is 0. The molecule has 1 unspecified atom stereocenters. The van der Waals surface area contributed by atoms with E-state index < -0.39 is 0 Å². The minimum Gasteiger partial charge on any atom is -0.467 e. The Morgan fingerprint density at radius 2 is 2.55 bits per heavy atom. The average Bonchev–Trinajstić information content (AvgIpc) is 2.55. The van der Waals surface area contributed by atoms with Crippen molar-refractivity contribution >= 4 is 5.91 Å². The maximum absolute atomic E-state index is 10.8. The van der Waals surface area contributed by atoms with E-state index in [4.69, 9.17) is 4.42 Å². The van der Waals surface area contributed by atoms with E-state index in [0.717, 1.165) is 12.2 Å². The summed E-state index contributed by atoms with van der Waals surface area (Å²) in [6, 6.07) is 3.83. The van der Waals surface area contributed by atoms with Crippen molar-refractivity contribution in [2.75, 3.05) is 0 Å². The van der Waals surface area contributed by atoms with Crippen molar-refractivity contribution in [3.05, 3.63) is 24.2 Å². The number of carbonyl (C=O) groups excluding carboxylic acids is 1. The summed E-state index contributed by atoms with van der Waals surface area (Å²) < 4.78 is 5.15. The highest BCUT2D eigenvalue weighted by atomic mass is 16.3. The van der Waals surface area contributed by atoms with E-state index in [1.807, 2.05) is 12.1 Å². The van der Waals surface area contributed by atoms with Crippen LogP contribution in [0.1, 0.15) is 24.6 Å². The molecule has 0 saturated carbocycles. The average molecular weight is 151 g/mol. The summed E-state index contributed by atoms with van der Waals surface area (Å²) in [4.78, 5) is 10.8. The normalized spacial score (nSPS) is 23.6. The van der Waals surface area contributed by atoms with Gasteiger partial charge in [-0.05, 0) is 18.6 Å². The van der Waals surface area contributed by atoms with Gasteiger partial charge in [-0.15, -0.1) is 0 Å². The predicted octanol–water partition coefficient (Wildman–Crippen LogP) is 1.23. The fourth-order valence-corrected chi connectivity index (χ4v) is 1.32. The molecule has 1 aromatic rings. The van der Waals surface area contributed by atoms with Crippen LogP contribution in [-0.2, 0) is 4.79 Å². The van der Waals surface area contributed by atoms with Crippen molar-refractivity contribution in [1.29, 1.82) is 0 Å². The van der Waals surface area contributed by atoms with Gasteiger partial charge in [-0.2, -0.15) is 0 Å². The number of nitrogens with one attached hydrogen (secondary N) is 1. The van der Waals surface area contributed by atoms with Crippen LogP contribution in [0, 0.1) is 0 Å². The van der Waals surface area contributed by atoms with Gasteiger partial charge in [0.05, 0.1) is 12.3 Å². The lowest BCUT2D eigenvalue weighted by molar-refractivity contribution is -0.119. The van der Waals surface area contributed by atoms with Crippen LogP contribution >= 0.6 is 0 Å². The largest absolute Gasteiger partial charge is 0.467 e. The zero-order valence-corrected chi connectivity index (χ0v) is 6.04. The maximum Gasteiger partial charge on any atom is 0.220 e. The molecule has 1 N–H and O–H groups in total. The summed E-state index contributed by atoms with van der Waals surface area (Å²) in [6.07, 6.45) is 3.09. The van der Waals surface area contributed by atoms with Crippen molar-refractivity contribution in [2.45, 2.75) is 18.9 Å². The Morgan fingerprint density at radius 1 is 1.64 bits per heavy atom. The quantitative estimate of drug-likeness (QED) is 0.656. The molecular weight excluding hydrogens is 142 g/mol. The van der Waals surface area contributed by atoms with Crippen LogP contribution in [-0.4, -0.2) is 5.91 Å². The molecule has 1 aliphatic heterocycles. The molecule has 0 aliphatic carbocycles. The molecule has 58 valence electrons. The third kappa shape index (κ3) is 1.13. The van der Waals surface area contributed by atoms with E-state index in [2.05, 4.69) is 5.32 Å². The summed E-state index contributed by atoms with van der Waals surface area (Å²) in [6.45, 7) is 0.